The Morgan fingerprint density at radius 3 is 2.68 bits per heavy atom. The quantitative estimate of drug-likeness (QED) is 0.477. The molecule has 7 heteroatoms. The Morgan fingerprint density at radius 2 is 1.89 bits per heavy atom. The molecule has 0 spiro atoms. The van der Waals surface area contributed by atoms with Crippen molar-refractivity contribution in [1.29, 1.82) is 0 Å². The summed E-state index contributed by atoms with van der Waals surface area (Å²) in [6.07, 6.45) is 6.78. The minimum atomic E-state index is -0.899. The van der Waals surface area contributed by atoms with Gasteiger partial charge in [-0.2, -0.15) is 0 Å². The van der Waals surface area contributed by atoms with Crippen LogP contribution in [0.15, 0.2) is 67.3 Å². The van der Waals surface area contributed by atoms with Crippen molar-refractivity contribution in [2.75, 3.05) is 0 Å². The second-order valence-electron chi connectivity index (χ2n) is 6.34. The minimum Gasteiger partial charge on any atom is -0.345 e. The number of rotatable bonds is 3. The average Bonchev–Trinajstić information content (AvgIpc) is 3.31. The predicted octanol–water partition coefficient (Wildman–Crippen LogP) is 4.39. The smallest absolute Gasteiger partial charge is 0.201 e. The molecule has 136 valence electrons. The molecule has 0 aliphatic carbocycles. The molecule has 5 aromatic rings. The molecule has 0 saturated carbocycles. The zero-order valence-corrected chi connectivity index (χ0v) is 14.4. The summed E-state index contributed by atoms with van der Waals surface area (Å²) < 4.78 is 30.0. The number of hydrogen-bond donors (Lipinski definition) is 1. The fraction of sp³-hybridized carbons (Fsp3) is 0. The maximum absolute atomic E-state index is 14.1. The number of halogens is 2. The third-order valence-corrected chi connectivity index (χ3v) is 4.63. The van der Waals surface area contributed by atoms with Crippen LogP contribution >= 0.6 is 0 Å². The third kappa shape index (κ3) is 2.48. The maximum atomic E-state index is 14.1. The normalized spacial score (nSPS) is 11.4. The summed E-state index contributed by atoms with van der Waals surface area (Å²) in [6.45, 7) is 0. The topological polar surface area (TPSA) is 63.0 Å². The summed E-state index contributed by atoms with van der Waals surface area (Å²) in [5.74, 6) is -2.54. The predicted molar refractivity (Wildman–Crippen MR) is 100 cm³/mol. The minimum absolute atomic E-state index is 0.150. The lowest BCUT2D eigenvalue weighted by Gasteiger charge is -2.04. The van der Waals surface area contributed by atoms with Gasteiger partial charge in [0.15, 0.2) is 0 Å². The molecular weight excluding hydrogens is 362 g/mol. The highest BCUT2D eigenvalue weighted by molar-refractivity contribution is 6.16. The van der Waals surface area contributed by atoms with Gasteiger partial charge in [-0.15, -0.1) is 0 Å². The summed E-state index contributed by atoms with van der Waals surface area (Å²) in [4.78, 5) is 24.6. The molecule has 0 atom stereocenters. The molecule has 0 bridgehead atoms. The summed E-state index contributed by atoms with van der Waals surface area (Å²) in [5.41, 5.74) is 2.17. The number of ketones is 1. The fourth-order valence-corrected chi connectivity index (χ4v) is 3.25. The first-order valence-electron chi connectivity index (χ1n) is 8.52. The van der Waals surface area contributed by atoms with Crippen LogP contribution in [0.4, 0.5) is 8.78 Å². The van der Waals surface area contributed by atoms with Gasteiger partial charge in [0.2, 0.25) is 5.78 Å². The summed E-state index contributed by atoms with van der Waals surface area (Å²) in [5, 5.41) is 0.474. The van der Waals surface area contributed by atoms with Crippen molar-refractivity contribution in [2.24, 2.45) is 0 Å². The molecular formula is C21H12F2N4O. The molecule has 1 N–H and O–H groups in total. The number of pyridine rings is 2. The standard InChI is InChI=1S/C21H12F2N4O/c22-15-4-3-5-16(23)19(15)20(28)14-10-25-21-13(14)8-12(9-24-21)17-11-27-7-2-1-6-18(27)26-17/h1-11H,(H,24,25). The largest absolute Gasteiger partial charge is 0.345 e. The second kappa shape index (κ2) is 6.09. The zero-order valence-electron chi connectivity index (χ0n) is 14.4. The maximum Gasteiger partial charge on any atom is 0.201 e. The first kappa shape index (κ1) is 16.3. The van der Waals surface area contributed by atoms with E-state index in [9.17, 15) is 13.6 Å². The van der Waals surface area contributed by atoms with Crippen LogP contribution in [0.5, 0.6) is 0 Å². The van der Waals surface area contributed by atoms with Gasteiger partial charge in [-0.25, -0.2) is 18.7 Å². The van der Waals surface area contributed by atoms with Crippen molar-refractivity contribution in [3.05, 3.63) is 90.0 Å². The number of fused-ring (bicyclic) bond motifs is 2. The monoisotopic (exact) mass is 374 g/mol. The molecule has 0 saturated heterocycles. The molecule has 0 aliphatic heterocycles. The highest BCUT2D eigenvalue weighted by atomic mass is 19.1. The van der Waals surface area contributed by atoms with Crippen LogP contribution in [0, 0.1) is 11.6 Å². The van der Waals surface area contributed by atoms with Crippen LogP contribution in [0.25, 0.3) is 27.9 Å². The number of carbonyl (C=O) groups excluding carboxylic acids is 1. The number of nitrogens with zero attached hydrogens (tertiary/aromatic N) is 3. The summed E-state index contributed by atoms with van der Waals surface area (Å²) in [7, 11) is 0. The Bertz CT molecular complexity index is 1320. The van der Waals surface area contributed by atoms with E-state index in [0.717, 1.165) is 17.8 Å². The van der Waals surface area contributed by atoms with Crippen LogP contribution in [-0.2, 0) is 0 Å². The van der Waals surface area contributed by atoms with E-state index in [4.69, 9.17) is 0 Å². The Balaban J connectivity index is 1.65. The SMILES string of the molecule is O=C(c1c(F)cccc1F)c1c[nH]c2ncc(-c3cn4ccccc4n3)cc12. The lowest BCUT2D eigenvalue weighted by Crippen LogP contribution is -2.07. The van der Waals surface area contributed by atoms with Gasteiger partial charge in [-0.1, -0.05) is 12.1 Å². The molecule has 5 nitrogen and oxygen atoms in total. The van der Waals surface area contributed by atoms with Crippen molar-refractivity contribution in [3.8, 4) is 11.3 Å². The van der Waals surface area contributed by atoms with Crippen molar-refractivity contribution >= 4 is 22.5 Å². The average molecular weight is 374 g/mol. The summed E-state index contributed by atoms with van der Waals surface area (Å²) in [6, 6.07) is 10.7. The molecule has 0 radical (unpaired) electrons. The van der Waals surface area contributed by atoms with E-state index in [2.05, 4.69) is 15.0 Å². The molecule has 0 unspecified atom stereocenters. The lowest BCUT2D eigenvalue weighted by molar-refractivity contribution is 0.103. The van der Waals surface area contributed by atoms with E-state index in [-0.39, 0.29) is 5.56 Å². The Morgan fingerprint density at radius 1 is 1.07 bits per heavy atom. The number of aromatic amines is 1. The van der Waals surface area contributed by atoms with E-state index >= 15 is 0 Å². The van der Waals surface area contributed by atoms with Gasteiger partial charge in [-0.3, -0.25) is 4.79 Å². The van der Waals surface area contributed by atoms with E-state index in [1.807, 2.05) is 35.0 Å². The van der Waals surface area contributed by atoms with Crippen molar-refractivity contribution in [3.63, 3.8) is 0 Å². The molecule has 0 fully saturated rings. The van der Waals surface area contributed by atoms with Gasteiger partial charge in [-0.05, 0) is 30.3 Å². The number of imidazole rings is 1. The van der Waals surface area contributed by atoms with Crippen molar-refractivity contribution in [1.82, 2.24) is 19.4 Å². The van der Waals surface area contributed by atoms with Crippen LogP contribution < -0.4 is 0 Å². The van der Waals surface area contributed by atoms with Crippen LogP contribution in [0.2, 0.25) is 0 Å². The van der Waals surface area contributed by atoms with E-state index < -0.39 is 23.0 Å². The number of H-pyrrole nitrogens is 1. The van der Waals surface area contributed by atoms with E-state index in [0.29, 0.717) is 22.3 Å². The van der Waals surface area contributed by atoms with Crippen LogP contribution in [-0.4, -0.2) is 25.1 Å². The van der Waals surface area contributed by atoms with Gasteiger partial charge in [0.25, 0.3) is 0 Å². The molecule has 0 amide bonds. The third-order valence-electron chi connectivity index (χ3n) is 4.63. The highest BCUT2D eigenvalue weighted by Gasteiger charge is 2.22. The number of benzene rings is 1. The van der Waals surface area contributed by atoms with Gasteiger partial charge >= 0.3 is 0 Å². The molecule has 28 heavy (non-hydrogen) atoms. The first-order valence-corrected chi connectivity index (χ1v) is 8.52. The van der Waals surface area contributed by atoms with Gasteiger partial charge in [0.05, 0.1) is 11.3 Å². The highest BCUT2D eigenvalue weighted by Crippen LogP contribution is 2.27. The number of carbonyl (C=O) groups is 1. The number of nitrogens with one attached hydrogen (secondary N) is 1. The molecule has 4 aromatic heterocycles. The van der Waals surface area contributed by atoms with Crippen LogP contribution in [0.3, 0.4) is 0 Å². The van der Waals surface area contributed by atoms with E-state index in [1.54, 1.807) is 12.3 Å². The molecule has 5 rings (SSSR count). The number of aromatic nitrogens is 4. The van der Waals surface area contributed by atoms with Crippen molar-refractivity contribution in [2.45, 2.75) is 0 Å². The Kier molecular flexibility index (Phi) is 3.55. The molecule has 1 aromatic carbocycles. The van der Waals surface area contributed by atoms with Crippen LogP contribution in [0.1, 0.15) is 15.9 Å². The Labute approximate surface area is 157 Å². The fourth-order valence-electron chi connectivity index (χ4n) is 3.25. The van der Waals surface area contributed by atoms with Gasteiger partial charge < -0.3 is 9.38 Å². The first-order chi connectivity index (χ1) is 13.6. The van der Waals surface area contributed by atoms with Gasteiger partial charge in [0, 0.05) is 41.3 Å². The summed E-state index contributed by atoms with van der Waals surface area (Å²) >= 11 is 0. The molecule has 0 aliphatic rings. The van der Waals surface area contributed by atoms with Gasteiger partial charge in [0.1, 0.15) is 22.9 Å². The zero-order chi connectivity index (χ0) is 19.3. The lowest BCUT2D eigenvalue weighted by atomic mass is 10.0. The number of hydrogen-bond acceptors (Lipinski definition) is 3. The second-order valence-corrected chi connectivity index (χ2v) is 6.34. The van der Waals surface area contributed by atoms with E-state index in [1.165, 1.54) is 12.3 Å². The molecule has 4 heterocycles. The van der Waals surface area contributed by atoms with Crippen molar-refractivity contribution < 1.29 is 13.6 Å². The Hall–Kier alpha value is -3.87.